The molecular weight excluding hydrogens is 314 g/mol. The maximum absolute atomic E-state index is 12.1. The van der Waals surface area contributed by atoms with Crippen molar-refractivity contribution in [2.75, 3.05) is 26.0 Å². The van der Waals surface area contributed by atoms with Gasteiger partial charge in [0, 0.05) is 18.0 Å². The van der Waals surface area contributed by atoms with Gasteiger partial charge in [0.25, 0.3) is 5.91 Å². The minimum absolute atomic E-state index is 0.167. The molecule has 1 aromatic rings. The van der Waals surface area contributed by atoms with E-state index in [9.17, 15) is 9.59 Å². The number of thioether (sulfide) groups is 1. The Kier molecular flexibility index (Phi) is 8.27. The summed E-state index contributed by atoms with van der Waals surface area (Å²) >= 11 is 1.42. The summed E-state index contributed by atoms with van der Waals surface area (Å²) in [7, 11) is 0. The smallest absolute Gasteiger partial charge is 0.339 e. The van der Waals surface area contributed by atoms with Gasteiger partial charge < -0.3 is 9.64 Å². The molecule has 23 heavy (non-hydrogen) atoms. The summed E-state index contributed by atoms with van der Waals surface area (Å²) in [6.45, 7) is 0.0321. The quantitative estimate of drug-likeness (QED) is 0.535. The lowest BCUT2D eigenvalue weighted by Crippen LogP contribution is -2.36. The average Bonchev–Trinajstić information content (AvgIpc) is 2.59. The molecule has 7 heteroatoms. The topological polar surface area (TPSA) is 94.2 Å². The Bertz CT molecular complexity index is 616. The molecule has 0 atom stereocenters. The summed E-state index contributed by atoms with van der Waals surface area (Å²) in [5.74, 6) is -0.978. The number of esters is 1. The maximum atomic E-state index is 12.1. The largest absolute Gasteiger partial charge is 0.452 e. The highest BCUT2D eigenvalue weighted by Gasteiger charge is 2.17. The Morgan fingerprint density at radius 3 is 2.35 bits per heavy atom. The minimum atomic E-state index is -0.566. The van der Waals surface area contributed by atoms with Gasteiger partial charge in [-0.05, 0) is 18.4 Å². The van der Waals surface area contributed by atoms with Gasteiger partial charge in [0.05, 0.1) is 30.5 Å². The van der Waals surface area contributed by atoms with Crippen LogP contribution in [-0.2, 0) is 9.53 Å². The van der Waals surface area contributed by atoms with E-state index in [-0.39, 0.29) is 25.9 Å². The highest BCUT2D eigenvalue weighted by Crippen LogP contribution is 2.20. The van der Waals surface area contributed by atoms with Gasteiger partial charge in [-0.25, -0.2) is 4.79 Å². The fourth-order valence-corrected chi connectivity index (χ4v) is 2.43. The molecule has 1 aromatic carbocycles. The molecule has 0 aliphatic carbocycles. The van der Waals surface area contributed by atoms with Crippen LogP contribution < -0.4 is 0 Å². The standard InChI is InChI=1S/C16H17N3O3S/c1-23-14-7-3-2-6-13(14)16(21)22-12-15(20)19(10-4-8-17)11-5-9-18/h2-3,6-7H,4-5,10-12H2,1H3. The molecule has 6 nitrogen and oxygen atoms in total. The summed E-state index contributed by atoms with van der Waals surface area (Å²) in [5, 5.41) is 17.2. The molecule has 1 amide bonds. The molecule has 0 unspecified atom stereocenters. The van der Waals surface area contributed by atoms with Crippen molar-refractivity contribution in [2.45, 2.75) is 17.7 Å². The zero-order chi connectivity index (χ0) is 17.1. The summed E-state index contributed by atoms with van der Waals surface area (Å²) in [6, 6.07) is 10.9. The van der Waals surface area contributed by atoms with Crippen LogP contribution in [0, 0.1) is 22.7 Å². The van der Waals surface area contributed by atoms with Crippen molar-refractivity contribution in [2.24, 2.45) is 0 Å². The summed E-state index contributed by atoms with van der Waals surface area (Å²) in [5.41, 5.74) is 0.411. The van der Waals surface area contributed by atoms with Crippen LogP contribution in [0.15, 0.2) is 29.2 Å². The van der Waals surface area contributed by atoms with Crippen LogP contribution in [0.1, 0.15) is 23.2 Å². The Labute approximate surface area is 139 Å². The van der Waals surface area contributed by atoms with E-state index in [1.54, 1.807) is 18.2 Å². The van der Waals surface area contributed by atoms with Gasteiger partial charge in [-0.15, -0.1) is 11.8 Å². The van der Waals surface area contributed by atoms with E-state index < -0.39 is 18.5 Å². The normalized spacial score (nSPS) is 9.52. The van der Waals surface area contributed by atoms with Crippen molar-refractivity contribution < 1.29 is 14.3 Å². The number of ether oxygens (including phenoxy) is 1. The summed E-state index contributed by atoms with van der Waals surface area (Å²) < 4.78 is 5.06. The van der Waals surface area contributed by atoms with E-state index >= 15 is 0 Å². The first kappa shape index (κ1) is 18.5. The monoisotopic (exact) mass is 331 g/mol. The number of amides is 1. The molecule has 120 valence electrons. The molecule has 0 saturated carbocycles. The van der Waals surface area contributed by atoms with Crippen molar-refractivity contribution >= 4 is 23.6 Å². The average molecular weight is 331 g/mol. The molecule has 0 aromatic heterocycles. The molecule has 0 aliphatic heterocycles. The van der Waals surface area contributed by atoms with E-state index in [2.05, 4.69) is 0 Å². The number of nitriles is 2. The predicted molar refractivity (Wildman–Crippen MR) is 85.5 cm³/mol. The van der Waals surface area contributed by atoms with E-state index in [4.69, 9.17) is 15.3 Å². The van der Waals surface area contributed by atoms with Crippen molar-refractivity contribution in [3.05, 3.63) is 29.8 Å². The van der Waals surface area contributed by atoms with Crippen LogP contribution in [0.25, 0.3) is 0 Å². The third-order valence-corrected chi connectivity index (χ3v) is 3.79. The van der Waals surface area contributed by atoms with Crippen LogP contribution in [-0.4, -0.2) is 42.7 Å². The van der Waals surface area contributed by atoms with E-state index in [0.29, 0.717) is 5.56 Å². The fourth-order valence-electron chi connectivity index (χ4n) is 1.84. The van der Waals surface area contributed by atoms with Crippen LogP contribution in [0.2, 0.25) is 0 Å². The van der Waals surface area contributed by atoms with Crippen LogP contribution in [0.4, 0.5) is 0 Å². The van der Waals surface area contributed by atoms with Gasteiger partial charge in [-0.2, -0.15) is 10.5 Å². The van der Waals surface area contributed by atoms with Crippen molar-refractivity contribution in [3.8, 4) is 12.1 Å². The second kappa shape index (κ2) is 10.3. The number of rotatable bonds is 8. The minimum Gasteiger partial charge on any atom is -0.452 e. The lowest BCUT2D eigenvalue weighted by atomic mass is 10.2. The lowest BCUT2D eigenvalue weighted by molar-refractivity contribution is -0.134. The summed E-state index contributed by atoms with van der Waals surface area (Å²) in [4.78, 5) is 26.3. The van der Waals surface area contributed by atoms with Crippen molar-refractivity contribution in [3.63, 3.8) is 0 Å². The van der Waals surface area contributed by atoms with Crippen LogP contribution >= 0.6 is 11.8 Å². The van der Waals surface area contributed by atoms with Gasteiger partial charge in [-0.1, -0.05) is 12.1 Å². The molecular formula is C16H17N3O3S. The second-order valence-corrected chi connectivity index (χ2v) is 5.32. The zero-order valence-electron chi connectivity index (χ0n) is 12.8. The Hall–Kier alpha value is -2.51. The van der Waals surface area contributed by atoms with Crippen LogP contribution in [0.3, 0.4) is 0 Å². The number of hydrogen-bond donors (Lipinski definition) is 0. The third kappa shape index (κ3) is 6.01. The van der Waals surface area contributed by atoms with Gasteiger partial charge in [0.15, 0.2) is 6.61 Å². The number of hydrogen-bond acceptors (Lipinski definition) is 6. The number of carbonyl (C=O) groups excluding carboxylic acids is 2. The first-order chi connectivity index (χ1) is 11.1. The van der Waals surface area contributed by atoms with Gasteiger partial charge in [-0.3, -0.25) is 4.79 Å². The highest BCUT2D eigenvalue weighted by atomic mass is 32.2. The Morgan fingerprint density at radius 1 is 1.17 bits per heavy atom. The highest BCUT2D eigenvalue weighted by molar-refractivity contribution is 7.98. The lowest BCUT2D eigenvalue weighted by Gasteiger charge is -2.20. The Morgan fingerprint density at radius 2 is 1.78 bits per heavy atom. The molecule has 0 radical (unpaired) electrons. The van der Waals surface area contributed by atoms with Gasteiger partial charge in [0.1, 0.15) is 0 Å². The molecule has 0 heterocycles. The summed E-state index contributed by atoms with van der Waals surface area (Å²) in [6.07, 6.45) is 2.18. The first-order valence-corrected chi connectivity index (χ1v) is 8.18. The predicted octanol–water partition coefficient (Wildman–Crippen LogP) is 2.22. The Balaban J connectivity index is 2.63. The van der Waals surface area contributed by atoms with E-state index in [0.717, 1.165) is 4.90 Å². The fraction of sp³-hybridized carbons (Fsp3) is 0.375. The number of nitrogens with zero attached hydrogens (tertiary/aromatic N) is 3. The van der Waals surface area contributed by atoms with Gasteiger partial charge in [0.2, 0.25) is 0 Å². The van der Waals surface area contributed by atoms with Crippen molar-refractivity contribution in [1.82, 2.24) is 4.90 Å². The SMILES string of the molecule is CSc1ccccc1C(=O)OCC(=O)N(CCC#N)CCC#N. The molecule has 0 N–H and O–H groups in total. The van der Waals surface area contributed by atoms with Gasteiger partial charge >= 0.3 is 5.97 Å². The van der Waals surface area contributed by atoms with E-state index in [1.807, 2.05) is 24.5 Å². The van der Waals surface area contributed by atoms with Crippen LogP contribution in [0.5, 0.6) is 0 Å². The molecule has 0 bridgehead atoms. The zero-order valence-corrected chi connectivity index (χ0v) is 13.6. The first-order valence-electron chi connectivity index (χ1n) is 6.95. The molecule has 0 saturated heterocycles. The van der Waals surface area contributed by atoms with Crippen molar-refractivity contribution in [1.29, 1.82) is 10.5 Å². The molecule has 0 spiro atoms. The number of benzene rings is 1. The molecule has 0 aliphatic rings. The molecule has 1 rings (SSSR count). The molecule has 0 fully saturated rings. The maximum Gasteiger partial charge on any atom is 0.339 e. The third-order valence-electron chi connectivity index (χ3n) is 2.99. The second-order valence-electron chi connectivity index (χ2n) is 4.47. The van der Waals surface area contributed by atoms with E-state index in [1.165, 1.54) is 16.7 Å². The number of carbonyl (C=O) groups is 2.